The number of sulfonamides is 1. The van der Waals surface area contributed by atoms with Crippen molar-refractivity contribution in [1.82, 2.24) is 13.9 Å². The summed E-state index contributed by atoms with van der Waals surface area (Å²) in [6.45, 7) is 4.95. The number of imidazole rings is 1. The lowest BCUT2D eigenvalue weighted by Gasteiger charge is -2.27. The smallest absolute Gasteiger partial charge is 0.243 e. The minimum absolute atomic E-state index is 0.259. The van der Waals surface area contributed by atoms with Gasteiger partial charge in [0.25, 0.3) is 0 Å². The molecule has 23 heavy (non-hydrogen) atoms. The Morgan fingerprint density at radius 1 is 1.22 bits per heavy atom. The highest BCUT2D eigenvalue weighted by Crippen LogP contribution is 2.26. The van der Waals surface area contributed by atoms with Crippen LogP contribution in [0.4, 0.5) is 0 Å². The van der Waals surface area contributed by atoms with Crippen molar-refractivity contribution in [2.75, 3.05) is 13.7 Å². The predicted octanol–water partition coefficient (Wildman–Crippen LogP) is 2.22. The first kappa shape index (κ1) is 16.0. The van der Waals surface area contributed by atoms with Crippen LogP contribution >= 0.6 is 0 Å². The quantitative estimate of drug-likeness (QED) is 0.859. The van der Waals surface area contributed by atoms with Gasteiger partial charge >= 0.3 is 0 Å². The maximum absolute atomic E-state index is 12.9. The lowest BCUT2D eigenvalue weighted by molar-refractivity contribution is 0.372. The molecule has 6 nitrogen and oxygen atoms in total. The highest BCUT2D eigenvalue weighted by atomic mass is 32.2. The summed E-state index contributed by atoms with van der Waals surface area (Å²) in [5, 5.41) is 0. The molecule has 0 bridgehead atoms. The maximum Gasteiger partial charge on any atom is 0.243 e. The topological polar surface area (TPSA) is 64.4 Å². The maximum atomic E-state index is 12.9. The lowest BCUT2D eigenvalue weighted by Crippen LogP contribution is -2.36. The average Bonchev–Trinajstić information content (AvgIpc) is 2.98. The highest BCUT2D eigenvalue weighted by Gasteiger charge is 2.31. The molecule has 0 saturated carbocycles. The van der Waals surface area contributed by atoms with Gasteiger partial charge in [0.05, 0.1) is 36.3 Å². The van der Waals surface area contributed by atoms with Gasteiger partial charge in [0, 0.05) is 19.0 Å². The number of nitrogens with zero attached hydrogens (tertiary/aromatic N) is 3. The number of rotatable bonds is 4. The molecule has 0 fully saturated rings. The number of methoxy groups -OCH3 is 1. The van der Waals surface area contributed by atoms with E-state index in [1.165, 1.54) is 4.31 Å². The predicted molar refractivity (Wildman–Crippen MR) is 86.9 cm³/mol. The fourth-order valence-corrected chi connectivity index (χ4v) is 4.23. The summed E-state index contributed by atoms with van der Waals surface area (Å²) in [5.74, 6) is 0.641. The van der Waals surface area contributed by atoms with Gasteiger partial charge in [-0.05, 0) is 38.1 Å². The lowest BCUT2D eigenvalue weighted by atomic mass is 10.2. The normalized spacial score (nSPS) is 15.7. The molecule has 2 heterocycles. The molecule has 1 aliphatic heterocycles. The Bertz CT molecular complexity index is 794. The van der Waals surface area contributed by atoms with Crippen LogP contribution in [0, 0.1) is 0 Å². The summed E-state index contributed by atoms with van der Waals surface area (Å²) in [4.78, 5) is 4.70. The molecule has 0 N–H and O–H groups in total. The van der Waals surface area contributed by atoms with E-state index >= 15 is 0 Å². The van der Waals surface area contributed by atoms with Crippen molar-refractivity contribution in [3.8, 4) is 5.75 Å². The van der Waals surface area contributed by atoms with E-state index in [4.69, 9.17) is 4.74 Å². The first-order valence-corrected chi connectivity index (χ1v) is 9.06. The van der Waals surface area contributed by atoms with Gasteiger partial charge in [-0.25, -0.2) is 13.4 Å². The molecule has 3 rings (SSSR count). The van der Waals surface area contributed by atoms with E-state index in [9.17, 15) is 8.42 Å². The van der Waals surface area contributed by atoms with Gasteiger partial charge in [0.15, 0.2) is 0 Å². The molecule has 0 saturated heterocycles. The first-order valence-electron chi connectivity index (χ1n) is 7.62. The van der Waals surface area contributed by atoms with Crippen LogP contribution in [0.1, 0.15) is 31.3 Å². The number of hydrogen-bond acceptors (Lipinski definition) is 4. The van der Waals surface area contributed by atoms with Crippen molar-refractivity contribution in [3.63, 3.8) is 0 Å². The number of ether oxygens (including phenoxy) is 1. The number of aromatic nitrogens is 2. The van der Waals surface area contributed by atoms with Crippen LogP contribution in [0.25, 0.3) is 0 Å². The molecule has 7 heteroatoms. The van der Waals surface area contributed by atoms with Gasteiger partial charge in [0.1, 0.15) is 5.75 Å². The van der Waals surface area contributed by atoms with Crippen molar-refractivity contribution >= 4 is 10.0 Å². The molecule has 0 unspecified atom stereocenters. The fraction of sp³-hybridized carbons (Fsp3) is 0.438. The second-order valence-electron chi connectivity index (χ2n) is 5.90. The van der Waals surface area contributed by atoms with Crippen LogP contribution in [0.2, 0.25) is 0 Å². The summed E-state index contributed by atoms with van der Waals surface area (Å²) in [6.07, 6.45) is 2.45. The molecule has 0 spiro atoms. The molecule has 0 amide bonds. The van der Waals surface area contributed by atoms with Crippen LogP contribution in [-0.2, 0) is 23.0 Å². The molecule has 0 atom stereocenters. The van der Waals surface area contributed by atoms with E-state index in [1.807, 2.05) is 4.57 Å². The summed E-state index contributed by atoms with van der Waals surface area (Å²) < 4.78 is 34.4. The fourth-order valence-electron chi connectivity index (χ4n) is 2.83. The average molecular weight is 335 g/mol. The van der Waals surface area contributed by atoms with Crippen molar-refractivity contribution in [2.24, 2.45) is 0 Å². The van der Waals surface area contributed by atoms with Crippen LogP contribution in [0.5, 0.6) is 5.75 Å². The van der Waals surface area contributed by atoms with Gasteiger partial charge in [-0.15, -0.1) is 0 Å². The largest absolute Gasteiger partial charge is 0.497 e. The van der Waals surface area contributed by atoms with E-state index in [1.54, 1.807) is 37.7 Å². The third kappa shape index (κ3) is 2.86. The Labute approximate surface area is 136 Å². The van der Waals surface area contributed by atoms with E-state index in [0.29, 0.717) is 25.3 Å². The van der Waals surface area contributed by atoms with Gasteiger partial charge in [-0.3, -0.25) is 0 Å². The van der Waals surface area contributed by atoms with E-state index in [0.717, 1.165) is 11.4 Å². The molecule has 2 aromatic rings. The second kappa shape index (κ2) is 5.98. The zero-order valence-corrected chi connectivity index (χ0v) is 14.4. The SMILES string of the molecule is COc1ccc(S(=O)(=O)N2CCc3ncn(C(C)C)c3C2)cc1. The van der Waals surface area contributed by atoms with Crippen LogP contribution in [-0.4, -0.2) is 35.9 Å². The molecule has 1 aromatic carbocycles. The third-order valence-corrected chi connectivity index (χ3v) is 6.02. The molecule has 1 aromatic heterocycles. The van der Waals surface area contributed by atoms with Crippen molar-refractivity contribution < 1.29 is 13.2 Å². The van der Waals surface area contributed by atoms with Crippen LogP contribution in [0.15, 0.2) is 35.5 Å². The van der Waals surface area contributed by atoms with Crippen molar-refractivity contribution in [1.29, 1.82) is 0 Å². The monoisotopic (exact) mass is 335 g/mol. The summed E-state index contributed by atoms with van der Waals surface area (Å²) in [5.41, 5.74) is 1.99. The minimum Gasteiger partial charge on any atom is -0.497 e. The number of benzene rings is 1. The first-order chi connectivity index (χ1) is 10.9. The Morgan fingerprint density at radius 3 is 2.52 bits per heavy atom. The Morgan fingerprint density at radius 2 is 1.91 bits per heavy atom. The summed E-state index contributed by atoms with van der Waals surface area (Å²) in [6, 6.07) is 6.77. The van der Waals surface area contributed by atoms with Gasteiger partial charge < -0.3 is 9.30 Å². The van der Waals surface area contributed by atoms with Crippen LogP contribution in [0.3, 0.4) is 0 Å². The molecule has 0 aliphatic carbocycles. The second-order valence-corrected chi connectivity index (χ2v) is 7.84. The molecule has 124 valence electrons. The standard InChI is InChI=1S/C16H21N3O3S/c1-12(2)19-11-17-15-8-9-18(10-16(15)19)23(20,21)14-6-4-13(22-3)5-7-14/h4-7,11-12H,8-10H2,1-3H3. The molecular formula is C16H21N3O3S. The highest BCUT2D eigenvalue weighted by molar-refractivity contribution is 7.89. The Balaban J connectivity index is 1.90. The van der Waals surface area contributed by atoms with Gasteiger partial charge in [0.2, 0.25) is 10.0 Å². The number of fused-ring (bicyclic) bond motifs is 1. The zero-order valence-electron chi connectivity index (χ0n) is 13.6. The molecule has 1 aliphatic rings. The van der Waals surface area contributed by atoms with E-state index < -0.39 is 10.0 Å². The van der Waals surface area contributed by atoms with Gasteiger partial charge in [-0.1, -0.05) is 0 Å². The van der Waals surface area contributed by atoms with Crippen molar-refractivity contribution in [2.45, 2.75) is 37.8 Å². The van der Waals surface area contributed by atoms with Crippen molar-refractivity contribution in [3.05, 3.63) is 42.0 Å². The number of hydrogen-bond donors (Lipinski definition) is 0. The zero-order chi connectivity index (χ0) is 16.6. The molecule has 0 radical (unpaired) electrons. The Hall–Kier alpha value is -1.86. The van der Waals surface area contributed by atoms with Crippen LogP contribution < -0.4 is 4.74 Å². The van der Waals surface area contributed by atoms with E-state index in [-0.39, 0.29) is 10.9 Å². The van der Waals surface area contributed by atoms with E-state index in [2.05, 4.69) is 18.8 Å². The third-order valence-electron chi connectivity index (χ3n) is 4.16. The molecular weight excluding hydrogens is 314 g/mol. The van der Waals surface area contributed by atoms with Gasteiger partial charge in [-0.2, -0.15) is 4.31 Å². The Kier molecular flexibility index (Phi) is 4.16. The summed E-state index contributed by atoms with van der Waals surface area (Å²) >= 11 is 0. The minimum atomic E-state index is -3.51. The summed E-state index contributed by atoms with van der Waals surface area (Å²) in [7, 11) is -1.96.